The number of amides is 1. The van der Waals surface area contributed by atoms with Crippen molar-refractivity contribution in [1.29, 1.82) is 0 Å². The predicted molar refractivity (Wildman–Crippen MR) is 99.6 cm³/mol. The Labute approximate surface area is 158 Å². The Morgan fingerprint density at radius 1 is 1.07 bits per heavy atom. The third-order valence-corrected chi connectivity index (χ3v) is 5.61. The van der Waals surface area contributed by atoms with Gasteiger partial charge in [0.2, 0.25) is 0 Å². The van der Waals surface area contributed by atoms with Gasteiger partial charge in [-0.1, -0.05) is 12.1 Å². The number of rotatable bonds is 4. The monoisotopic (exact) mass is 392 g/mol. The van der Waals surface area contributed by atoms with Crippen molar-refractivity contribution in [1.82, 2.24) is 4.90 Å². The van der Waals surface area contributed by atoms with E-state index in [2.05, 4.69) is 4.72 Å². The Morgan fingerprint density at radius 2 is 1.67 bits per heavy atom. The van der Waals surface area contributed by atoms with Crippen molar-refractivity contribution in [2.24, 2.45) is 0 Å². The third-order valence-electron chi connectivity index (χ3n) is 4.23. The number of para-hydroxylation sites is 1. The van der Waals surface area contributed by atoms with Gasteiger partial charge in [0.05, 0.1) is 28.4 Å². The Bertz CT molecular complexity index is 921. The Kier molecular flexibility index (Phi) is 5.48. The minimum Gasteiger partial charge on any atom is -0.372 e. The smallest absolute Gasteiger partial charge is 0.261 e. The zero-order chi connectivity index (χ0) is 19.6. The van der Waals surface area contributed by atoms with Gasteiger partial charge in [-0.05, 0) is 50.2 Å². The number of carbonyl (C=O) groups excluding carboxylic acids is 1. The predicted octanol–water partition coefficient (Wildman–Crippen LogP) is 2.88. The van der Waals surface area contributed by atoms with E-state index in [9.17, 15) is 17.6 Å². The zero-order valence-electron chi connectivity index (χ0n) is 15.1. The molecule has 2 unspecified atom stereocenters. The summed E-state index contributed by atoms with van der Waals surface area (Å²) in [5, 5.41) is 0. The minimum absolute atomic E-state index is 0.0835. The summed E-state index contributed by atoms with van der Waals surface area (Å²) < 4.78 is 46.3. The van der Waals surface area contributed by atoms with Gasteiger partial charge in [0.1, 0.15) is 5.82 Å². The van der Waals surface area contributed by atoms with Crippen molar-refractivity contribution in [2.45, 2.75) is 31.0 Å². The molecule has 27 heavy (non-hydrogen) atoms. The molecule has 1 N–H and O–H groups in total. The van der Waals surface area contributed by atoms with Crippen molar-refractivity contribution >= 4 is 21.6 Å². The van der Waals surface area contributed by atoms with Crippen LogP contribution in [-0.2, 0) is 14.8 Å². The van der Waals surface area contributed by atoms with Gasteiger partial charge in [-0.25, -0.2) is 12.8 Å². The van der Waals surface area contributed by atoms with Gasteiger partial charge in [0, 0.05) is 13.1 Å². The minimum atomic E-state index is -3.95. The summed E-state index contributed by atoms with van der Waals surface area (Å²) in [6.45, 7) is 4.64. The highest BCUT2D eigenvalue weighted by molar-refractivity contribution is 7.92. The molecule has 2 aromatic rings. The van der Waals surface area contributed by atoms with E-state index in [4.69, 9.17) is 4.74 Å². The summed E-state index contributed by atoms with van der Waals surface area (Å²) in [5.41, 5.74) is 0.433. The number of morpholine rings is 1. The van der Waals surface area contributed by atoms with Gasteiger partial charge in [-0.3, -0.25) is 9.52 Å². The molecule has 2 aromatic carbocycles. The van der Waals surface area contributed by atoms with Crippen molar-refractivity contribution in [2.75, 3.05) is 17.8 Å². The van der Waals surface area contributed by atoms with E-state index >= 15 is 0 Å². The van der Waals surface area contributed by atoms with E-state index in [1.807, 2.05) is 13.8 Å². The SMILES string of the molecule is CC1CN(C(=O)c2ccccc2NS(=O)(=O)c2ccc(F)cc2)CC(C)O1. The van der Waals surface area contributed by atoms with Gasteiger partial charge < -0.3 is 9.64 Å². The van der Waals surface area contributed by atoms with E-state index in [1.165, 1.54) is 18.2 Å². The summed E-state index contributed by atoms with van der Waals surface area (Å²) in [6.07, 6.45) is -0.193. The molecule has 1 fully saturated rings. The molecular formula is C19H21FN2O4S. The molecule has 8 heteroatoms. The average molecular weight is 392 g/mol. The molecule has 0 saturated carbocycles. The van der Waals surface area contributed by atoms with Crippen LogP contribution in [0.5, 0.6) is 0 Å². The quantitative estimate of drug-likeness (QED) is 0.868. The van der Waals surface area contributed by atoms with Crippen molar-refractivity contribution in [3.63, 3.8) is 0 Å². The number of anilines is 1. The number of carbonyl (C=O) groups is 1. The van der Waals surface area contributed by atoms with Crippen LogP contribution in [-0.4, -0.2) is 44.5 Å². The first kappa shape index (κ1) is 19.3. The maximum absolute atomic E-state index is 13.1. The topological polar surface area (TPSA) is 75.7 Å². The Balaban J connectivity index is 1.88. The lowest BCUT2D eigenvalue weighted by Crippen LogP contribution is -2.48. The molecule has 0 radical (unpaired) electrons. The number of halogens is 1. The standard InChI is InChI=1S/C19H21FN2O4S/c1-13-11-22(12-14(2)26-13)19(23)17-5-3-4-6-18(17)21-27(24,25)16-9-7-15(20)8-10-16/h3-10,13-14,21H,11-12H2,1-2H3. The van der Waals surface area contributed by atoms with E-state index in [1.54, 1.807) is 23.1 Å². The highest BCUT2D eigenvalue weighted by Crippen LogP contribution is 2.23. The van der Waals surface area contributed by atoms with Gasteiger partial charge in [0.15, 0.2) is 0 Å². The fourth-order valence-electron chi connectivity index (χ4n) is 3.09. The molecule has 144 valence electrons. The summed E-state index contributed by atoms with van der Waals surface area (Å²) in [6, 6.07) is 10.9. The molecule has 1 heterocycles. The van der Waals surface area contributed by atoms with Gasteiger partial charge in [0.25, 0.3) is 15.9 Å². The van der Waals surface area contributed by atoms with Crippen molar-refractivity contribution < 1.29 is 22.3 Å². The van der Waals surface area contributed by atoms with E-state index in [0.717, 1.165) is 12.1 Å². The van der Waals surface area contributed by atoms with Gasteiger partial charge >= 0.3 is 0 Å². The van der Waals surface area contributed by atoms with Crippen LogP contribution in [0.25, 0.3) is 0 Å². The molecular weight excluding hydrogens is 371 g/mol. The van der Waals surface area contributed by atoms with Crippen LogP contribution < -0.4 is 4.72 Å². The second kappa shape index (κ2) is 7.66. The highest BCUT2D eigenvalue weighted by Gasteiger charge is 2.28. The van der Waals surface area contributed by atoms with Crippen LogP contribution >= 0.6 is 0 Å². The van der Waals surface area contributed by atoms with E-state index < -0.39 is 15.8 Å². The average Bonchev–Trinajstić information content (AvgIpc) is 2.61. The van der Waals surface area contributed by atoms with Gasteiger partial charge in [-0.2, -0.15) is 0 Å². The number of nitrogens with one attached hydrogen (secondary N) is 1. The molecule has 1 amide bonds. The fourth-order valence-corrected chi connectivity index (χ4v) is 4.17. The lowest BCUT2D eigenvalue weighted by atomic mass is 10.1. The molecule has 1 saturated heterocycles. The number of hydrogen-bond donors (Lipinski definition) is 1. The van der Waals surface area contributed by atoms with E-state index in [-0.39, 0.29) is 34.3 Å². The zero-order valence-corrected chi connectivity index (χ0v) is 15.9. The third kappa shape index (κ3) is 4.45. The molecule has 0 aromatic heterocycles. The maximum Gasteiger partial charge on any atom is 0.261 e. The molecule has 3 rings (SSSR count). The summed E-state index contributed by atoms with van der Waals surface area (Å²) in [4.78, 5) is 14.5. The number of nitrogens with zero attached hydrogens (tertiary/aromatic N) is 1. The van der Waals surface area contributed by atoms with E-state index in [0.29, 0.717) is 13.1 Å². The molecule has 1 aliphatic rings. The first-order valence-corrected chi connectivity index (χ1v) is 10.1. The molecule has 2 atom stereocenters. The van der Waals surface area contributed by atoms with Crippen LogP contribution in [0.3, 0.4) is 0 Å². The number of sulfonamides is 1. The molecule has 0 bridgehead atoms. The fraction of sp³-hybridized carbons (Fsp3) is 0.316. The highest BCUT2D eigenvalue weighted by atomic mass is 32.2. The Morgan fingerprint density at radius 3 is 2.30 bits per heavy atom. The van der Waals surface area contributed by atoms with Crippen molar-refractivity contribution in [3.8, 4) is 0 Å². The van der Waals surface area contributed by atoms with Crippen LogP contribution in [0.4, 0.5) is 10.1 Å². The Hall–Kier alpha value is -2.45. The summed E-state index contributed by atoms with van der Waals surface area (Å²) in [5.74, 6) is -0.797. The number of ether oxygens (including phenoxy) is 1. The molecule has 0 spiro atoms. The van der Waals surface area contributed by atoms with Crippen LogP contribution in [0.2, 0.25) is 0 Å². The molecule has 1 aliphatic heterocycles. The first-order chi connectivity index (χ1) is 12.8. The van der Waals surface area contributed by atoms with Crippen molar-refractivity contribution in [3.05, 3.63) is 59.9 Å². The largest absolute Gasteiger partial charge is 0.372 e. The summed E-state index contributed by atoms with van der Waals surface area (Å²) >= 11 is 0. The molecule has 6 nitrogen and oxygen atoms in total. The lowest BCUT2D eigenvalue weighted by Gasteiger charge is -2.35. The maximum atomic E-state index is 13.1. The summed E-state index contributed by atoms with van der Waals surface area (Å²) in [7, 11) is -3.95. The number of hydrogen-bond acceptors (Lipinski definition) is 4. The lowest BCUT2D eigenvalue weighted by molar-refractivity contribution is -0.0585. The normalized spacial score (nSPS) is 20.3. The molecule has 0 aliphatic carbocycles. The second-order valence-electron chi connectivity index (χ2n) is 6.57. The first-order valence-electron chi connectivity index (χ1n) is 8.58. The van der Waals surface area contributed by atoms with Gasteiger partial charge in [-0.15, -0.1) is 0 Å². The van der Waals surface area contributed by atoms with Crippen LogP contribution in [0, 0.1) is 5.82 Å². The number of benzene rings is 2. The second-order valence-corrected chi connectivity index (χ2v) is 8.25. The van der Waals surface area contributed by atoms with Crippen LogP contribution in [0.15, 0.2) is 53.4 Å². The van der Waals surface area contributed by atoms with Crippen LogP contribution in [0.1, 0.15) is 24.2 Å².